The summed E-state index contributed by atoms with van der Waals surface area (Å²) in [4.78, 5) is 4.31. The highest BCUT2D eigenvalue weighted by molar-refractivity contribution is 5.92. The summed E-state index contributed by atoms with van der Waals surface area (Å²) in [5.74, 6) is -0.443. The molecule has 1 aliphatic carbocycles. The van der Waals surface area contributed by atoms with Crippen molar-refractivity contribution in [2.75, 3.05) is 11.9 Å². The van der Waals surface area contributed by atoms with Crippen LogP contribution in [0.15, 0.2) is 53.5 Å². The van der Waals surface area contributed by atoms with Gasteiger partial charge in [-0.1, -0.05) is 12.1 Å². The van der Waals surface area contributed by atoms with Gasteiger partial charge < -0.3 is 15.8 Å². The zero-order chi connectivity index (χ0) is 18.8. The van der Waals surface area contributed by atoms with Gasteiger partial charge in [0.25, 0.3) is 0 Å². The first-order valence-electron chi connectivity index (χ1n) is 7.95. The topological polar surface area (TPSA) is 59.6 Å². The first-order valence-corrected chi connectivity index (χ1v) is 7.95. The Hall–Kier alpha value is -2.77. The van der Waals surface area contributed by atoms with Crippen LogP contribution in [0.25, 0.3) is 0 Å². The molecule has 0 heterocycles. The number of hydrogen-bond donors (Lipinski definition) is 2. The largest absolute Gasteiger partial charge is 0.573 e. The van der Waals surface area contributed by atoms with Crippen molar-refractivity contribution < 1.29 is 22.3 Å². The highest BCUT2D eigenvalue weighted by atomic mass is 19.4. The molecule has 0 atom stereocenters. The second kappa shape index (κ2) is 6.86. The van der Waals surface area contributed by atoms with Gasteiger partial charge in [0.15, 0.2) is 5.96 Å². The van der Waals surface area contributed by atoms with E-state index in [2.05, 4.69) is 15.0 Å². The van der Waals surface area contributed by atoms with Gasteiger partial charge in [0.2, 0.25) is 0 Å². The first-order chi connectivity index (χ1) is 12.3. The van der Waals surface area contributed by atoms with Crippen LogP contribution in [0, 0.1) is 5.82 Å². The van der Waals surface area contributed by atoms with Crippen molar-refractivity contribution in [1.82, 2.24) is 0 Å². The fourth-order valence-corrected chi connectivity index (χ4v) is 2.66. The predicted molar refractivity (Wildman–Crippen MR) is 90.5 cm³/mol. The molecule has 4 nitrogen and oxygen atoms in total. The molecule has 1 fully saturated rings. The summed E-state index contributed by atoms with van der Waals surface area (Å²) in [6, 6.07) is 11.5. The van der Waals surface area contributed by atoms with E-state index in [0.717, 1.165) is 18.4 Å². The Morgan fingerprint density at radius 3 is 2.23 bits per heavy atom. The zero-order valence-corrected chi connectivity index (χ0v) is 13.7. The van der Waals surface area contributed by atoms with Gasteiger partial charge in [-0.15, -0.1) is 13.2 Å². The lowest BCUT2D eigenvalue weighted by atomic mass is 9.96. The SMILES string of the molecule is NC(=NCC1(c2ccc(F)cc2)CC1)Nc1ccc(OC(F)(F)F)cc1. The number of nitrogens with two attached hydrogens (primary N) is 1. The van der Waals surface area contributed by atoms with Crippen LogP contribution in [0.3, 0.4) is 0 Å². The van der Waals surface area contributed by atoms with Gasteiger partial charge in [-0.3, -0.25) is 4.99 Å². The number of alkyl halides is 3. The van der Waals surface area contributed by atoms with Gasteiger partial charge in [-0.2, -0.15) is 0 Å². The van der Waals surface area contributed by atoms with Crippen molar-refractivity contribution >= 4 is 11.6 Å². The maximum Gasteiger partial charge on any atom is 0.573 e. The van der Waals surface area contributed by atoms with E-state index in [-0.39, 0.29) is 22.9 Å². The molecule has 2 aromatic carbocycles. The molecule has 3 N–H and O–H groups in total. The number of nitrogens with zero attached hydrogens (tertiary/aromatic N) is 1. The van der Waals surface area contributed by atoms with Gasteiger partial charge in [0.05, 0.1) is 6.54 Å². The number of ether oxygens (including phenoxy) is 1. The van der Waals surface area contributed by atoms with Crippen LogP contribution in [0.5, 0.6) is 5.75 Å². The fourth-order valence-electron chi connectivity index (χ4n) is 2.66. The molecular weight excluding hydrogens is 350 g/mol. The molecule has 2 aromatic rings. The van der Waals surface area contributed by atoms with Gasteiger partial charge in [-0.25, -0.2) is 4.39 Å². The fraction of sp³-hybridized carbons (Fsp3) is 0.278. The standard InChI is InChI=1S/C18H17F4N3O/c19-13-3-1-12(2-4-13)17(9-10-17)11-24-16(23)25-14-5-7-15(8-6-14)26-18(20,21)22/h1-8H,9-11H2,(H3,23,24,25). The molecule has 0 unspecified atom stereocenters. The third kappa shape index (κ3) is 4.65. The molecule has 0 bridgehead atoms. The van der Waals surface area contributed by atoms with Crippen LogP contribution in [0.1, 0.15) is 18.4 Å². The molecule has 0 aliphatic heterocycles. The molecule has 1 saturated carbocycles. The number of aliphatic imine (C=N–C) groups is 1. The number of anilines is 1. The molecule has 0 amide bonds. The first kappa shape index (κ1) is 18.0. The van der Waals surface area contributed by atoms with E-state index in [4.69, 9.17) is 5.73 Å². The average Bonchev–Trinajstić information content (AvgIpc) is 3.35. The third-order valence-electron chi connectivity index (χ3n) is 4.22. The maximum absolute atomic E-state index is 13.0. The summed E-state index contributed by atoms with van der Waals surface area (Å²) >= 11 is 0. The molecular formula is C18H17F4N3O. The Bertz CT molecular complexity index is 782. The van der Waals surface area contributed by atoms with E-state index < -0.39 is 6.36 Å². The summed E-state index contributed by atoms with van der Waals surface area (Å²) in [5.41, 5.74) is 7.24. The van der Waals surface area contributed by atoms with Crippen LogP contribution < -0.4 is 15.8 Å². The molecule has 0 aromatic heterocycles. The monoisotopic (exact) mass is 367 g/mol. The third-order valence-corrected chi connectivity index (χ3v) is 4.22. The Morgan fingerprint density at radius 1 is 1.08 bits per heavy atom. The molecule has 3 rings (SSSR count). The minimum Gasteiger partial charge on any atom is -0.406 e. The van der Waals surface area contributed by atoms with Crippen molar-refractivity contribution in [2.45, 2.75) is 24.6 Å². The second-order valence-corrected chi connectivity index (χ2v) is 6.19. The van der Waals surface area contributed by atoms with Gasteiger partial charge in [0, 0.05) is 11.1 Å². The summed E-state index contributed by atoms with van der Waals surface area (Å²) in [6.45, 7) is 0.451. The minimum atomic E-state index is -4.73. The second-order valence-electron chi connectivity index (χ2n) is 6.19. The van der Waals surface area contributed by atoms with E-state index in [1.54, 1.807) is 12.1 Å². The highest BCUT2D eigenvalue weighted by Crippen LogP contribution is 2.48. The molecule has 1 aliphatic rings. The Morgan fingerprint density at radius 2 is 1.69 bits per heavy atom. The Kier molecular flexibility index (Phi) is 4.76. The van der Waals surface area contributed by atoms with Crippen molar-refractivity contribution in [3.05, 3.63) is 59.9 Å². The van der Waals surface area contributed by atoms with Crippen LogP contribution in [0.4, 0.5) is 23.2 Å². The summed E-state index contributed by atoms with van der Waals surface area (Å²) < 4.78 is 53.2. The van der Waals surface area contributed by atoms with Crippen LogP contribution in [-0.2, 0) is 5.41 Å². The highest BCUT2D eigenvalue weighted by Gasteiger charge is 2.44. The number of nitrogens with one attached hydrogen (secondary N) is 1. The van der Waals surface area contributed by atoms with Gasteiger partial charge >= 0.3 is 6.36 Å². The molecule has 0 radical (unpaired) electrons. The number of guanidine groups is 1. The summed E-state index contributed by atoms with van der Waals surface area (Å²) in [5, 5.41) is 2.82. The predicted octanol–water partition coefficient (Wildman–Crippen LogP) is 4.18. The Labute approximate surface area is 147 Å². The van der Waals surface area contributed by atoms with Gasteiger partial charge in [0.1, 0.15) is 11.6 Å². The number of halogens is 4. The average molecular weight is 367 g/mol. The van der Waals surface area contributed by atoms with E-state index in [9.17, 15) is 17.6 Å². The van der Waals surface area contributed by atoms with Crippen molar-refractivity contribution in [1.29, 1.82) is 0 Å². The molecule has 8 heteroatoms. The van der Waals surface area contributed by atoms with E-state index in [1.807, 2.05) is 0 Å². The lowest BCUT2D eigenvalue weighted by molar-refractivity contribution is -0.274. The minimum absolute atomic E-state index is 0.121. The van der Waals surface area contributed by atoms with Crippen molar-refractivity contribution in [2.24, 2.45) is 10.7 Å². The maximum atomic E-state index is 13.0. The molecule has 138 valence electrons. The summed E-state index contributed by atoms with van der Waals surface area (Å²) in [6.07, 6.45) is -2.84. The van der Waals surface area contributed by atoms with Gasteiger partial charge in [-0.05, 0) is 54.8 Å². The zero-order valence-electron chi connectivity index (χ0n) is 13.7. The van der Waals surface area contributed by atoms with Crippen LogP contribution in [-0.4, -0.2) is 18.9 Å². The van der Waals surface area contributed by atoms with Crippen molar-refractivity contribution in [3.8, 4) is 5.75 Å². The Balaban J connectivity index is 1.59. The van der Waals surface area contributed by atoms with Crippen LogP contribution >= 0.6 is 0 Å². The number of rotatable bonds is 5. The molecule has 0 spiro atoms. The van der Waals surface area contributed by atoms with Crippen LogP contribution in [0.2, 0.25) is 0 Å². The van der Waals surface area contributed by atoms with E-state index >= 15 is 0 Å². The lowest BCUT2D eigenvalue weighted by Gasteiger charge is -2.14. The summed E-state index contributed by atoms with van der Waals surface area (Å²) in [7, 11) is 0. The normalized spacial score (nSPS) is 16.2. The van der Waals surface area contributed by atoms with Crippen molar-refractivity contribution in [3.63, 3.8) is 0 Å². The lowest BCUT2D eigenvalue weighted by Crippen LogP contribution is -2.25. The quantitative estimate of drug-likeness (QED) is 0.473. The molecule has 26 heavy (non-hydrogen) atoms. The smallest absolute Gasteiger partial charge is 0.406 e. The van der Waals surface area contributed by atoms with E-state index in [0.29, 0.717) is 12.2 Å². The number of hydrogen-bond acceptors (Lipinski definition) is 2. The molecule has 0 saturated heterocycles. The van der Waals surface area contributed by atoms with E-state index in [1.165, 1.54) is 36.4 Å². The number of benzene rings is 2.